The number of fused-ring (bicyclic) bond motifs is 5. The van der Waals surface area contributed by atoms with Gasteiger partial charge in [-0.05, 0) is 82.6 Å². The summed E-state index contributed by atoms with van der Waals surface area (Å²) in [6, 6.07) is 66.0. The van der Waals surface area contributed by atoms with Gasteiger partial charge in [0, 0.05) is 32.3 Å². The Bertz CT molecular complexity index is 2580. The second-order valence-corrected chi connectivity index (χ2v) is 14.2. The molecule has 0 bridgehead atoms. The van der Waals surface area contributed by atoms with Gasteiger partial charge in [-0.3, -0.25) is 4.99 Å². The Morgan fingerprint density at radius 1 is 0.558 bits per heavy atom. The predicted molar refractivity (Wildman–Crippen MR) is 230 cm³/mol. The van der Waals surface area contributed by atoms with Crippen LogP contribution in [0.4, 0.5) is 5.69 Å². The van der Waals surface area contributed by atoms with Crippen LogP contribution in [0.15, 0.2) is 199 Å². The quantitative estimate of drug-likeness (QED) is 0.151. The van der Waals surface area contributed by atoms with Gasteiger partial charge >= 0.3 is 0 Å². The van der Waals surface area contributed by atoms with Gasteiger partial charge < -0.3 is 4.57 Å². The van der Waals surface area contributed by atoms with Crippen molar-refractivity contribution in [2.45, 2.75) is 0 Å². The Morgan fingerprint density at radius 2 is 1.12 bits per heavy atom. The second kappa shape index (κ2) is 15.5. The summed E-state index contributed by atoms with van der Waals surface area (Å²) in [5.74, 6) is 0. The maximum atomic E-state index is 4.69. The van der Waals surface area contributed by atoms with E-state index in [1.54, 1.807) is 11.8 Å². The highest BCUT2D eigenvalue weighted by molar-refractivity contribution is 8.07. The SMILES string of the molecule is CS/C(=C\C=Nc1ccc(-c2ccc3c(c2)c2sc4ccccc4c2n3-c2ccccc2)cc1)c1ccccc1.c1ccc(-c2ccccc2)cc1. The van der Waals surface area contributed by atoms with Gasteiger partial charge in [-0.2, -0.15) is 0 Å². The molecule has 0 saturated heterocycles. The molecule has 9 aromatic rings. The molecule has 0 aliphatic carbocycles. The van der Waals surface area contributed by atoms with Crippen LogP contribution >= 0.6 is 23.1 Å². The number of nitrogens with zero attached hydrogens (tertiary/aromatic N) is 2. The van der Waals surface area contributed by atoms with Gasteiger partial charge in [0.05, 0.1) is 21.4 Å². The molecular formula is C48H36N2S2. The first kappa shape index (κ1) is 33.2. The fourth-order valence-electron chi connectivity index (χ4n) is 6.57. The molecule has 0 aliphatic heterocycles. The van der Waals surface area contributed by atoms with Gasteiger partial charge in [-0.1, -0.05) is 146 Å². The van der Waals surface area contributed by atoms with Crippen LogP contribution in [0.5, 0.6) is 0 Å². The molecular weight excluding hydrogens is 669 g/mol. The van der Waals surface area contributed by atoms with Crippen LogP contribution < -0.4 is 0 Å². The number of para-hydroxylation sites is 1. The van der Waals surface area contributed by atoms with Crippen molar-refractivity contribution in [1.82, 2.24) is 4.57 Å². The summed E-state index contributed by atoms with van der Waals surface area (Å²) in [5.41, 5.74) is 10.8. The van der Waals surface area contributed by atoms with Gasteiger partial charge in [-0.25, -0.2) is 0 Å². The number of aromatic nitrogens is 1. The Labute approximate surface area is 313 Å². The third-order valence-corrected chi connectivity index (χ3v) is 11.1. The molecule has 0 amide bonds. The van der Waals surface area contributed by atoms with Crippen LogP contribution in [-0.4, -0.2) is 17.0 Å². The smallest absolute Gasteiger partial charge is 0.0727 e. The Hall–Kier alpha value is -5.94. The van der Waals surface area contributed by atoms with Gasteiger partial charge in [0.2, 0.25) is 0 Å². The molecule has 0 N–H and O–H groups in total. The Kier molecular flexibility index (Phi) is 9.92. The van der Waals surface area contributed by atoms with E-state index in [2.05, 4.69) is 192 Å². The van der Waals surface area contributed by atoms with E-state index in [1.807, 2.05) is 35.8 Å². The molecule has 0 aliphatic rings. The maximum absolute atomic E-state index is 4.69. The highest BCUT2D eigenvalue weighted by Gasteiger charge is 2.18. The molecule has 250 valence electrons. The van der Waals surface area contributed by atoms with Crippen molar-refractivity contribution in [3.05, 3.63) is 200 Å². The Morgan fingerprint density at radius 3 is 1.77 bits per heavy atom. The summed E-state index contributed by atoms with van der Waals surface area (Å²) in [7, 11) is 0. The van der Waals surface area contributed by atoms with Crippen molar-refractivity contribution >= 4 is 71.1 Å². The van der Waals surface area contributed by atoms with E-state index in [1.165, 1.54) is 69.6 Å². The van der Waals surface area contributed by atoms with Gasteiger partial charge in [0.15, 0.2) is 0 Å². The molecule has 4 heteroatoms. The number of allylic oxidation sites excluding steroid dienone is 1. The van der Waals surface area contributed by atoms with E-state index in [-0.39, 0.29) is 0 Å². The average Bonchev–Trinajstić information content (AvgIpc) is 3.76. The summed E-state index contributed by atoms with van der Waals surface area (Å²) in [6.45, 7) is 0. The number of hydrogen-bond acceptors (Lipinski definition) is 3. The number of aliphatic imine (C=N–C) groups is 1. The Balaban J connectivity index is 0.000000273. The van der Waals surface area contributed by atoms with E-state index >= 15 is 0 Å². The first-order chi connectivity index (χ1) is 25.8. The van der Waals surface area contributed by atoms with Crippen molar-refractivity contribution in [3.8, 4) is 27.9 Å². The van der Waals surface area contributed by atoms with Crippen LogP contribution in [0.2, 0.25) is 0 Å². The minimum absolute atomic E-state index is 0.941. The molecule has 2 aromatic heterocycles. The lowest BCUT2D eigenvalue weighted by atomic mass is 10.0. The zero-order chi connectivity index (χ0) is 35.1. The van der Waals surface area contributed by atoms with E-state index in [0.717, 1.165) is 5.69 Å². The average molecular weight is 705 g/mol. The lowest BCUT2D eigenvalue weighted by Gasteiger charge is -2.09. The van der Waals surface area contributed by atoms with Crippen LogP contribution in [0.25, 0.3) is 64.1 Å². The third-order valence-electron chi connectivity index (χ3n) is 9.10. The van der Waals surface area contributed by atoms with Crippen LogP contribution in [0, 0.1) is 0 Å². The monoisotopic (exact) mass is 704 g/mol. The third kappa shape index (κ3) is 7.00. The number of hydrogen-bond donors (Lipinski definition) is 0. The molecule has 52 heavy (non-hydrogen) atoms. The van der Waals surface area contributed by atoms with Gasteiger partial charge in [0.25, 0.3) is 0 Å². The number of thioether (sulfide) groups is 1. The molecule has 9 rings (SSSR count). The predicted octanol–water partition coefficient (Wildman–Crippen LogP) is 14.1. The first-order valence-electron chi connectivity index (χ1n) is 17.3. The van der Waals surface area contributed by atoms with Crippen molar-refractivity contribution in [2.75, 3.05) is 6.26 Å². The largest absolute Gasteiger partial charge is 0.308 e. The fourth-order valence-corrected chi connectivity index (χ4v) is 8.35. The zero-order valence-corrected chi connectivity index (χ0v) is 30.4. The van der Waals surface area contributed by atoms with Crippen molar-refractivity contribution in [1.29, 1.82) is 0 Å². The zero-order valence-electron chi connectivity index (χ0n) is 28.8. The molecule has 2 heterocycles. The summed E-state index contributed by atoms with van der Waals surface area (Å²) < 4.78 is 5.06. The van der Waals surface area contributed by atoms with Crippen molar-refractivity contribution in [3.63, 3.8) is 0 Å². The minimum Gasteiger partial charge on any atom is -0.308 e. The highest BCUT2D eigenvalue weighted by atomic mass is 32.2. The molecule has 0 atom stereocenters. The summed E-state index contributed by atoms with van der Waals surface area (Å²) in [6.07, 6.45) is 6.07. The van der Waals surface area contributed by atoms with Crippen LogP contribution in [0.3, 0.4) is 0 Å². The molecule has 0 spiro atoms. The normalized spacial score (nSPS) is 11.7. The number of rotatable bonds is 7. The number of benzene rings is 7. The second-order valence-electron chi connectivity index (χ2n) is 12.3. The number of thiophene rings is 1. The van der Waals surface area contributed by atoms with Crippen molar-refractivity contribution < 1.29 is 0 Å². The highest BCUT2D eigenvalue weighted by Crippen LogP contribution is 2.43. The minimum atomic E-state index is 0.941. The summed E-state index contributed by atoms with van der Waals surface area (Å²) in [5, 5.41) is 2.59. The van der Waals surface area contributed by atoms with Gasteiger partial charge in [-0.15, -0.1) is 23.1 Å². The van der Waals surface area contributed by atoms with E-state index in [9.17, 15) is 0 Å². The summed E-state index contributed by atoms with van der Waals surface area (Å²) in [4.78, 5) is 5.89. The summed E-state index contributed by atoms with van der Waals surface area (Å²) >= 11 is 3.61. The molecule has 0 radical (unpaired) electrons. The van der Waals surface area contributed by atoms with E-state index < -0.39 is 0 Å². The van der Waals surface area contributed by atoms with Crippen LogP contribution in [0.1, 0.15) is 5.56 Å². The molecule has 0 unspecified atom stereocenters. The van der Waals surface area contributed by atoms with Crippen LogP contribution in [-0.2, 0) is 0 Å². The van der Waals surface area contributed by atoms with E-state index in [0.29, 0.717) is 0 Å². The standard InChI is InChI=1S/C36H26N2S2.C12H10/c1-39-33(26-10-4-2-5-11-26)22-23-37-28-19-16-25(17-20-28)27-18-21-32-31(24-27)36-35(30-14-8-9-15-34(30)40-36)38(32)29-12-6-3-7-13-29;1-3-7-11(8-4-1)12-9-5-2-6-10-12/h2-24H,1H3;1-10H/b33-22-,37-23?;. The first-order valence-corrected chi connectivity index (χ1v) is 19.4. The van der Waals surface area contributed by atoms with Crippen molar-refractivity contribution in [2.24, 2.45) is 4.99 Å². The molecule has 0 saturated carbocycles. The van der Waals surface area contributed by atoms with E-state index in [4.69, 9.17) is 0 Å². The maximum Gasteiger partial charge on any atom is 0.0727 e. The lowest BCUT2D eigenvalue weighted by molar-refractivity contribution is 1.19. The lowest BCUT2D eigenvalue weighted by Crippen LogP contribution is -1.93. The molecule has 0 fully saturated rings. The van der Waals surface area contributed by atoms with Gasteiger partial charge in [0.1, 0.15) is 0 Å². The fraction of sp³-hybridized carbons (Fsp3) is 0.0208. The molecule has 7 aromatic carbocycles. The molecule has 2 nitrogen and oxygen atoms in total. The topological polar surface area (TPSA) is 17.3 Å².